The van der Waals surface area contributed by atoms with E-state index in [-0.39, 0.29) is 17.5 Å². The lowest BCUT2D eigenvalue weighted by molar-refractivity contribution is -0.146. The Hall–Kier alpha value is -2.43. The minimum atomic E-state index is -4.64. The highest BCUT2D eigenvalue weighted by atomic mass is 19.4. The molecule has 2 saturated heterocycles. The third kappa shape index (κ3) is 3.63. The van der Waals surface area contributed by atoms with E-state index >= 15 is 0 Å². The number of rotatable bonds is 2. The molecule has 29 heavy (non-hydrogen) atoms. The molecule has 0 radical (unpaired) electrons. The number of nitrogens with zero attached hydrogens (tertiary/aromatic N) is 6. The molecular weight excluding hydrogens is 389 g/mol. The maximum atomic E-state index is 13.2. The van der Waals surface area contributed by atoms with E-state index in [1.807, 2.05) is 16.7 Å². The van der Waals surface area contributed by atoms with E-state index in [9.17, 15) is 18.0 Å². The van der Waals surface area contributed by atoms with Gasteiger partial charge in [-0.15, -0.1) is 15.3 Å². The van der Waals surface area contributed by atoms with Crippen LogP contribution in [0.2, 0.25) is 0 Å². The molecule has 0 unspecified atom stereocenters. The topological polar surface area (TPSA) is 75.9 Å². The van der Waals surface area contributed by atoms with Crippen molar-refractivity contribution in [3.8, 4) is 0 Å². The van der Waals surface area contributed by atoms with Gasteiger partial charge in [-0.1, -0.05) is 0 Å². The maximum absolute atomic E-state index is 13.2. The van der Waals surface area contributed by atoms with Crippen molar-refractivity contribution in [2.75, 3.05) is 44.3 Å². The van der Waals surface area contributed by atoms with Crippen molar-refractivity contribution in [3.63, 3.8) is 0 Å². The summed E-state index contributed by atoms with van der Waals surface area (Å²) in [6.07, 6.45) is -3.35. The molecule has 0 aliphatic carbocycles. The van der Waals surface area contributed by atoms with Crippen LogP contribution in [0.4, 0.5) is 19.0 Å². The van der Waals surface area contributed by atoms with Crippen LogP contribution in [0.25, 0.3) is 5.65 Å². The average Bonchev–Trinajstić information content (AvgIpc) is 3.16. The van der Waals surface area contributed by atoms with Crippen LogP contribution < -0.4 is 4.90 Å². The Morgan fingerprint density at radius 3 is 2.31 bits per heavy atom. The fraction of sp³-hybridized carbons (Fsp3) is 0.667. The summed E-state index contributed by atoms with van der Waals surface area (Å²) in [6, 6.07) is 0. The van der Waals surface area contributed by atoms with E-state index in [0.29, 0.717) is 63.6 Å². The van der Waals surface area contributed by atoms with Gasteiger partial charge in [0.2, 0.25) is 5.91 Å². The summed E-state index contributed by atoms with van der Waals surface area (Å²) in [5.74, 6) is -0.579. The van der Waals surface area contributed by atoms with Crippen LogP contribution >= 0.6 is 0 Å². The van der Waals surface area contributed by atoms with Crippen LogP contribution in [-0.2, 0) is 15.7 Å². The number of ether oxygens (including phenoxy) is 1. The van der Waals surface area contributed by atoms with Gasteiger partial charge in [0.25, 0.3) is 5.82 Å². The molecule has 4 heterocycles. The van der Waals surface area contributed by atoms with Crippen molar-refractivity contribution in [2.45, 2.75) is 32.9 Å². The highest BCUT2D eigenvalue weighted by Crippen LogP contribution is 2.32. The lowest BCUT2D eigenvalue weighted by Gasteiger charge is -2.36. The number of amides is 1. The van der Waals surface area contributed by atoms with Gasteiger partial charge in [-0.05, 0) is 26.7 Å². The number of carbonyl (C=O) groups is 1. The number of aromatic nitrogens is 4. The number of fused-ring (bicyclic) bond motifs is 1. The van der Waals surface area contributed by atoms with Gasteiger partial charge in [0.05, 0.1) is 13.2 Å². The summed E-state index contributed by atoms with van der Waals surface area (Å²) in [4.78, 5) is 16.5. The van der Waals surface area contributed by atoms with Gasteiger partial charge in [0, 0.05) is 43.2 Å². The second-order valence-corrected chi connectivity index (χ2v) is 7.53. The molecule has 0 atom stereocenters. The molecule has 2 aromatic heterocycles. The first-order chi connectivity index (χ1) is 13.8. The molecule has 1 amide bonds. The molecule has 2 aliphatic rings. The second-order valence-electron chi connectivity index (χ2n) is 7.53. The summed E-state index contributed by atoms with van der Waals surface area (Å²) < 4.78 is 45.8. The van der Waals surface area contributed by atoms with Crippen molar-refractivity contribution in [2.24, 2.45) is 5.92 Å². The first-order valence-electron chi connectivity index (χ1n) is 9.68. The summed E-state index contributed by atoms with van der Waals surface area (Å²) >= 11 is 0. The molecule has 158 valence electrons. The van der Waals surface area contributed by atoms with E-state index < -0.39 is 12.0 Å². The zero-order valence-electron chi connectivity index (χ0n) is 16.4. The van der Waals surface area contributed by atoms with Crippen molar-refractivity contribution < 1.29 is 22.7 Å². The van der Waals surface area contributed by atoms with Crippen LogP contribution in [0.5, 0.6) is 0 Å². The predicted molar refractivity (Wildman–Crippen MR) is 97.6 cm³/mol. The summed E-state index contributed by atoms with van der Waals surface area (Å²) in [6.45, 7) is 7.02. The lowest BCUT2D eigenvalue weighted by atomic mass is 9.94. The van der Waals surface area contributed by atoms with E-state index in [4.69, 9.17) is 4.74 Å². The smallest absolute Gasteiger partial charge is 0.378 e. The number of carbonyl (C=O) groups excluding carboxylic acids is 1. The molecule has 11 heteroatoms. The standard InChI is InChI=1S/C18H23F3N6O2/c1-11-12(2)15(24-27-14(11)22-23-17(27)18(19,20)21)25-5-3-13(4-6-25)16(28)26-7-9-29-10-8-26/h13H,3-10H2,1-2H3. The lowest BCUT2D eigenvalue weighted by Crippen LogP contribution is -2.47. The van der Waals surface area contributed by atoms with Crippen molar-refractivity contribution in [1.82, 2.24) is 24.7 Å². The number of aryl methyl sites for hydroxylation is 1. The molecule has 0 N–H and O–H groups in total. The molecule has 0 spiro atoms. The van der Waals surface area contributed by atoms with Gasteiger partial charge in [-0.25, -0.2) is 0 Å². The van der Waals surface area contributed by atoms with Gasteiger partial charge in [-0.2, -0.15) is 17.7 Å². The fourth-order valence-corrected chi connectivity index (χ4v) is 3.97. The van der Waals surface area contributed by atoms with Crippen LogP contribution in [0.3, 0.4) is 0 Å². The van der Waals surface area contributed by atoms with Crippen molar-refractivity contribution in [3.05, 3.63) is 17.0 Å². The number of piperidine rings is 1. The van der Waals surface area contributed by atoms with E-state index in [0.717, 1.165) is 10.1 Å². The van der Waals surface area contributed by atoms with Crippen LogP contribution in [0.1, 0.15) is 29.8 Å². The Labute approximate surface area is 165 Å². The van der Waals surface area contributed by atoms with Crippen LogP contribution in [0, 0.1) is 19.8 Å². The SMILES string of the molecule is Cc1c(N2CCC(C(=O)N3CCOCC3)CC2)nn2c(C(F)(F)F)nnc2c1C. The largest absolute Gasteiger partial charge is 0.453 e. The highest BCUT2D eigenvalue weighted by molar-refractivity contribution is 5.79. The highest BCUT2D eigenvalue weighted by Gasteiger charge is 2.39. The Balaban J connectivity index is 1.55. The Morgan fingerprint density at radius 2 is 1.69 bits per heavy atom. The molecule has 0 bridgehead atoms. The van der Waals surface area contributed by atoms with Crippen molar-refractivity contribution >= 4 is 17.4 Å². The van der Waals surface area contributed by atoms with Gasteiger partial charge in [-0.3, -0.25) is 4.79 Å². The molecular formula is C18H23F3N6O2. The Kier molecular flexibility index (Phi) is 5.09. The monoisotopic (exact) mass is 412 g/mol. The van der Waals surface area contributed by atoms with E-state index in [2.05, 4.69) is 15.3 Å². The van der Waals surface area contributed by atoms with E-state index in [1.165, 1.54) is 0 Å². The number of hydrogen-bond acceptors (Lipinski definition) is 6. The number of alkyl halides is 3. The second kappa shape index (κ2) is 7.43. The van der Waals surface area contributed by atoms with Crippen LogP contribution in [-0.4, -0.2) is 70.0 Å². The minimum Gasteiger partial charge on any atom is -0.378 e. The quantitative estimate of drug-likeness (QED) is 0.749. The minimum absolute atomic E-state index is 0.0740. The first-order valence-corrected chi connectivity index (χ1v) is 9.68. The maximum Gasteiger partial charge on any atom is 0.453 e. The number of hydrogen-bond donors (Lipinski definition) is 0. The van der Waals surface area contributed by atoms with Crippen LogP contribution in [0.15, 0.2) is 0 Å². The third-order valence-electron chi connectivity index (χ3n) is 5.79. The molecule has 0 aromatic carbocycles. The summed E-state index contributed by atoms with van der Waals surface area (Å²) in [5.41, 5.74) is 1.50. The molecule has 0 saturated carbocycles. The molecule has 2 fully saturated rings. The number of anilines is 1. The summed E-state index contributed by atoms with van der Waals surface area (Å²) in [5, 5.41) is 11.2. The van der Waals surface area contributed by atoms with Gasteiger partial charge >= 0.3 is 6.18 Å². The Bertz CT molecular complexity index is 914. The molecule has 4 rings (SSSR count). The zero-order chi connectivity index (χ0) is 20.8. The molecule has 8 nitrogen and oxygen atoms in total. The summed E-state index contributed by atoms with van der Waals surface area (Å²) in [7, 11) is 0. The third-order valence-corrected chi connectivity index (χ3v) is 5.79. The van der Waals surface area contributed by atoms with Gasteiger partial charge in [0.1, 0.15) is 0 Å². The first kappa shape index (κ1) is 19.9. The fourth-order valence-electron chi connectivity index (χ4n) is 3.97. The predicted octanol–water partition coefficient (Wildman–Crippen LogP) is 1.84. The molecule has 2 aromatic rings. The van der Waals surface area contributed by atoms with Gasteiger partial charge in [0.15, 0.2) is 11.5 Å². The molecule has 2 aliphatic heterocycles. The number of halogens is 3. The average molecular weight is 412 g/mol. The van der Waals surface area contributed by atoms with Crippen molar-refractivity contribution in [1.29, 1.82) is 0 Å². The normalized spacial score (nSPS) is 19.2. The van der Waals surface area contributed by atoms with Gasteiger partial charge < -0.3 is 14.5 Å². The number of morpholine rings is 1. The van der Waals surface area contributed by atoms with E-state index in [1.54, 1.807) is 6.92 Å². The zero-order valence-corrected chi connectivity index (χ0v) is 16.4. The Morgan fingerprint density at radius 1 is 1.03 bits per heavy atom.